The molecule has 1 aliphatic rings. The predicted molar refractivity (Wildman–Crippen MR) is 72.1 cm³/mol. The van der Waals surface area contributed by atoms with Crippen molar-refractivity contribution in [2.75, 3.05) is 11.4 Å². The van der Waals surface area contributed by atoms with Crippen LogP contribution in [0.3, 0.4) is 0 Å². The molecule has 94 valence electrons. The highest BCUT2D eigenvalue weighted by molar-refractivity contribution is 6.32. The van der Waals surface area contributed by atoms with E-state index in [1.165, 1.54) is 0 Å². The van der Waals surface area contributed by atoms with Gasteiger partial charge in [0, 0.05) is 29.7 Å². The van der Waals surface area contributed by atoms with Crippen LogP contribution in [0.15, 0.2) is 24.5 Å². The number of benzene rings is 1. The van der Waals surface area contributed by atoms with Crippen molar-refractivity contribution in [3.05, 3.63) is 40.9 Å². The predicted octanol–water partition coefficient (Wildman–Crippen LogP) is 2.69. The molecule has 1 aromatic heterocycles. The molecule has 0 radical (unpaired) electrons. The third-order valence-corrected chi connectivity index (χ3v) is 3.82. The van der Waals surface area contributed by atoms with Gasteiger partial charge in [0.05, 0.1) is 6.54 Å². The van der Waals surface area contributed by atoms with Gasteiger partial charge in [0.15, 0.2) is 5.82 Å². The molecule has 0 atom stereocenters. The van der Waals surface area contributed by atoms with Gasteiger partial charge in [0.25, 0.3) is 0 Å². The fourth-order valence-electron chi connectivity index (χ4n) is 2.13. The zero-order chi connectivity index (χ0) is 12.5. The topological polar surface area (TPSA) is 34.0 Å². The Morgan fingerprint density at radius 3 is 2.94 bits per heavy atom. The van der Waals surface area contributed by atoms with E-state index in [4.69, 9.17) is 23.2 Å². The van der Waals surface area contributed by atoms with Gasteiger partial charge in [-0.15, -0.1) is 21.8 Å². The maximum absolute atomic E-state index is 6.18. The summed E-state index contributed by atoms with van der Waals surface area (Å²) < 4.78 is 2.07. The normalized spacial score (nSPS) is 14.7. The first-order valence-electron chi connectivity index (χ1n) is 5.74. The lowest BCUT2D eigenvalue weighted by Crippen LogP contribution is -2.33. The van der Waals surface area contributed by atoms with Gasteiger partial charge in [-0.1, -0.05) is 17.7 Å². The Morgan fingerprint density at radius 1 is 1.28 bits per heavy atom. The Bertz CT molecular complexity index is 567. The van der Waals surface area contributed by atoms with E-state index < -0.39 is 0 Å². The van der Waals surface area contributed by atoms with Crippen LogP contribution in [0, 0.1) is 0 Å². The maximum Gasteiger partial charge on any atom is 0.152 e. The lowest BCUT2D eigenvalue weighted by atomic mass is 10.2. The molecule has 6 heteroatoms. The Morgan fingerprint density at radius 2 is 2.17 bits per heavy atom. The van der Waals surface area contributed by atoms with Crippen LogP contribution in [0.5, 0.6) is 0 Å². The second kappa shape index (κ2) is 4.78. The van der Waals surface area contributed by atoms with Crippen LogP contribution >= 0.6 is 23.2 Å². The number of aromatic nitrogens is 3. The number of nitrogens with zero attached hydrogens (tertiary/aromatic N) is 4. The van der Waals surface area contributed by atoms with Crippen molar-refractivity contribution in [3.63, 3.8) is 0 Å². The highest BCUT2D eigenvalue weighted by Crippen LogP contribution is 2.26. The van der Waals surface area contributed by atoms with Crippen molar-refractivity contribution < 1.29 is 0 Å². The van der Waals surface area contributed by atoms with Crippen LogP contribution in [-0.4, -0.2) is 21.3 Å². The van der Waals surface area contributed by atoms with Crippen molar-refractivity contribution in [1.29, 1.82) is 0 Å². The van der Waals surface area contributed by atoms with Crippen LogP contribution in [0.4, 0.5) is 5.69 Å². The van der Waals surface area contributed by atoms with Gasteiger partial charge in [-0.25, -0.2) is 0 Å². The number of anilines is 1. The first kappa shape index (κ1) is 11.8. The van der Waals surface area contributed by atoms with Crippen LogP contribution in [0.2, 0.25) is 5.02 Å². The van der Waals surface area contributed by atoms with E-state index in [0.717, 1.165) is 41.7 Å². The molecule has 1 aliphatic heterocycles. The first-order valence-corrected chi connectivity index (χ1v) is 6.65. The summed E-state index contributed by atoms with van der Waals surface area (Å²) in [5.74, 6) is 1.42. The van der Waals surface area contributed by atoms with E-state index >= 15 is 0 Å². The molecule has 0 saturated heterocycles. The molecule has 0 amide bonds. The summed E-state index contributed by atoms with van der Waals surface area (Å²) in [6, 6.07) is 5.99. The quantitative estimate of drug-likeness (QED) is 0.795. The van der Waals surface area contributed by atoms with Gasteiger partial charge in [-0.3, -0.25) is 0 Å². The molecule has 3 rings (SSSR count). The van der Waals surface area contributed by atoms with Gasteiger partial charge in [-0.05, 0) is 17.7 Å². The third-order valence-electron chi connectivity index (χ3n) is 3.18. The average molecular weight is 283 g/mol. The summed E-state index contributed by atoms with van der Waals surface area (Å²) in [7, 11) is 0. The molecule has 1 aromatic carbocycles. The Labute approximate surface area is 115 Å². The SMILES string of the molecule is ClCc1ccc(N2CCn3cnnc3C2)cc1Cl. The number of hydrogen-bond donors (Lipinski definition) is 0. The van der Waals surface area contributed by atoms with E-state index in [1.54, 1.807) is 6.33 Å². The summed E-state index contributed by atoms with van der Waals surface area (Å²) in [5.41, 5.74) is 2.06. The average Bonchev–Trinajstić information content (AvgIpc) is 2.85. The fourth-order valence-corrected chi connectivity index (χ4v) is 2.67. The van der Waals surface area contributed by atoms with E-state index in [0.29, 0.717) is 5.88 Å². The first-order chi connectivity index (χ1) is 8.78. The van der Waals surface area contributed by atoms with Crippen molar-refractivity contribution in [3.8, 4) is 0 Å². The lowest BCUT2D eigenvalue weighted by Gasteiger charge is -2.29. The minimum atomic E-state index is 0.438. The molecule has 0 bridgehead atoms. The Balaban J connectivity index is 1.86. The maximum atomic E-state index is 6.18. The van der Waals surface area contributed by atoms with E-state index in [2.05, 4.69) is 25.7 Å². The molecular weight excluding hydrogens is 271 g/mol. The number of hydrogen-bond acceptors (Lipinski definition) is 3. The second-order valence-electron chi connectivity index (χ2n) is 4.27. The largest absolute Gasteiger partial charge is 0.362 e. The molecule has 0 fully saturated rings. The molecule has 0 saturated carbocycles. The number of halogens is 2. The van der Waals surface area contributed by atoms with Crippen LogP contribution in [0.1, 0.15) is 11.4 Å². The smallest absolute Gasteiger partial charge is 0.152 e. The summed E-state index contributed by atoms with van der Waals surface area (Å²) in [5, 5.41) is 8.74. The molecule has 0 aliphatic carbocycles. The van der Waals surface area contributed by atoms with Gasteiger partial charge in [-0.2, -0.15) is 0 Å². The molecule has 0 spiro atoms. The van der Waals surface area contributed by atoms with Gasteiger partial charge in [0.2, 0.25) is 0 Å². The summed E-state index contributed by atoms with van der Waals surface area (Å²) in [6.07, 6.45) is 1.77. The highest BCUT2D eigenvalue weighted by Gasteiger charge is 2.18. The minimum absolute atomic E-state index is 0.438. The van der Waals surface area contributed by atoms with E-state index in [9.17, 15) is 0 Å². The second-order valence-corrected chi connectivity index (χ2v) is 4.95. The van der Waals surface area contributed by atoms with Crippen LogP contribution < -0.4 is 4.90 Å². The number of alkyl halides is 1. The summed E-state index contributed by atoms with van der Waals surface area (Å²) in [4.78, 5) is 2.24. The van der Waals surface area contributed by atoms with Gasteiger partial charge >= 0.3 is 0 Å². The van der Waals surface area contributed by atoms with Crippen molar-refractivity contribution in [1.82, 2.24) is 14.8 Å². The Kier molecular flexibility index (Phi) is 3.14. The van der Waals surface area contributed by atoms with Crippen molar-refractivity contribution in [2.45, 2.75) is 19.0 Å². The van der Waals surface area contributed by atoms with Crippen molar-refractivity contribution >= 4 is 28.9 Å². The molecule has 0 N–H and O–H groups in total. The fraction of sp³-hybridized carbons (Fsp3) is 0.333. The van der Waals surface area contributed by atoms with E-state index in [1.807, 2.05) is 12.1 Å². The third kappa shape index (κ3) is 2.06. The van der Waals surface area contributed by atoms with Crippen LogP contribution in [-0.2, 0) is 19.0 Å². The zero-order valence-corrected chi connectivity index (χ0v) is 11.2. The van der Waals surface area contributed by atoms with Gasteiger partial charge < -0.3 is 9.47 Å². The molecule has 2 heterocycles. The molecule has 18 heavy (non-hydrogen) atoms. The lowest BCUT2D eigenvalue weighted by molar-refractivity contribution is 0.560. The molecule has 0 unspecified atom stereocenters. The number of fused-ring (bicyclic) bond motifs is 1. The monoisotopic (exact) mass is 282 g/mol. The molecule has 4 nitrogen and oxygen atoms in total. The highest BCUT2D eigenvalue weighted by atomic mass is 35.5. The van der Waals surface area contributed by atoms with Crippen molar-refractivity contribution in [2.24, 2.45) is 0 Å². The van der Waals surface area contributed by atoms with E-state index in [-0.39, 0.29) is 0 Å². The standard InChI is InChI=1S/C12H12Cl2N4/c13-6-9-1-2-10(5-11(9)14)17-3-4-18-8-15-16-12(18)7-17/h1-2,5,8H,3-4,6-7H2. The minimum Gasteiger partial charge on any atom is -0.362 e. The molecule has 2 aromatic rings. The summed E-state index contributed by atoms with van der Waals surface area (Å²) >= 11 is 12.0. The zero-order valence-electron chi connectivity index (χ0n) is 9.68. The molecular formula is C12H12Cl2N4. The number of rotatable bonds is 2. The van der Waals surface area contributed by atoms with Gasteiger partial charge in [0.1, 0.15) is 6.33 Å². The summed E-state index contributed by atoms with van der Waals surface area (Å²) in [6.45, 7) is 2.59. The Hall–Kier alpha value is -1.26. The van der Waals surface area contributed by atoms with Crippen LogP contribution in [0.25, 0.3) is 0 Å².